The SMILES string of the molecule is CCOc1ccc(-c2[c]ccc(OC(C)C)c2)cc1. The van der Waals surface area contributed by atoms with E-state index in [4.69, 9.17) is 9.47 Å². The van der Waals surface area contributed by atoms with Crippen molar-refractivity contribution < 1.29 is 9.47 Å². The zero-order chi connectivity index (χ0) is 13.7. The van der Waals surface area contributed by atoms with Gasteiger partial charge in [0.25, 0.3) is 0 Å². The van der Waals surface area contributed by atoms with E-state index in [9.17, 15) is 0 Å². The lowest BCUT2D eigenvalue weighted by Crippen LogP contribution is -2.05. The summed E-state index contributed by atoms with van der Waals surface area (Å²) in [4.78, 5) is 0. The topological polar surface area (TPSA) is 18.5 Å². The van der Waals surface area contributed by atoms with Crippen LogP contribution in [0.5, 0.6) is 11.5 Å². The van der Waals surface area contributed by atoms with E-state index < -0.39 is 0 Å². The molecule has 2 rings (SSSR count). The standard InChI is InChI=1S/C17H19O2/c1-4-18-16-10-8-14(9-11-16)15-6-5-7-17(12-15)19-13(2)3/h5,7-13H,4H2,1-3H3. The van der Waals surface area contributed by atoms with Gasteiger partial charge in [-0.25, -0.2) is 0 Å². The summed E-state index contributed by atoms with van der Waals surface area (Å²) in [6.07, 6.45) is 0.176. The minimum absolute atomic E-state index is 0.176. The molecule has 0 aromatic heterocycles. The van der Waals surface area contributed by atoms with Crippen LogP contribution in [-0.2, 0) is 0 Å². The number of benzene rings is 2. The van der Waals surface area contributed by atoms with Gasteiger partial charge in [0.1, 0.15) is 11.5 Å². The molecule has 0 unspecified atom stereocenters. The van der Waals surface area contributed by atoms with E-state index in [1.807, 2.05) is 63.2 Å². The van der Waals surface area contributed by atoms with E-state index in [1.165, 1.54) is 0 Å². The Morgan fingerprint density at radius 2 is 1.79 bits per heavy atom. The van der Waals surface area contributed by atoms with Crippen molar-refractivity contribution >= 4 is 0 Å². The molecule has 19 heavy (non-hydrogen) atoms. The van der Waals surface area contributed by atoms with Crippen molar-refractivity contribution in [3.8, 4) is 22.6 Å². The summed E-state index contributed by atoms with van der Waals surface area (Å²) < 4.78 is 11.1. The first kappa shape index (κ1) is 13.5. The van der Waals surface area contributed by atoms with E-state index in [0.717, 1.165) is 22.6 Å². The first-order chi connectivity index (χ1) is 9.19. The molecule has 0 heterocycles. The van der Waals surface area contributed by atoms with Gasteiger partial charge in [-0.2, -0.15) is 0 Å². The Bertz CT molecular complexity index is 515. The van der Waals surface area contributed by atoms with Gasteiger partial charge >= 0.3 is 0 Å². The van der Waals surface area contributed by atoms with Crippen molar-refractivity contribution in [2.75, 3.05) is 6.61 Å². The second kappa shape index (κ2) is 6.28. The third-order valence-electron chi connectivity index (χ3n) is 2.62. The van der Waals surface area contributed by atoms with E-state index >= 15 is 0 Å². The van der Waals surface area contributed by atoms with Crippen LogP contribution in [0, 0.1) is 6.07 Å². The molecule has 0 N–H and O–H groups in total. The molecule has 0 aliphatic carbocycles. The van der Waals surface area contributed by atoms with Crippen LogP contribution in [0.1, 0.15) is 20.8 Å². The summed E-state index contributed by atoms with van der Waals surface area (Å²) in [6, 6.07) is 17.1. The molecule has 2 heteroatoms. The molecule has 2 aromatic rings. The Balaban J connectivity index is 2.21. The Labute approximate surface area is 115 Å². The van der Waals surface area contributed by atoms with E-state index in [0.29, 0.717) is 6.61 Å². The smallest absolute Gasteiger partial charge is 0.120 e. The van der Waals surface area contributed by atoms with Gasteiger partial charge in [-0.3, -0.25) is 0 Å². The summed E-state index contributed by atoms with van der Waals surface area (Å²) >= 11 is 0. The Hall–Kier alpha value is -1.96. The second-order valence-electron chi connectivity index (χ2n) is 4.56. The maximum absolute atomic E-state index is 5.69. The third kappa shape index (κ3) is 3.75. The molecule has 2 aromatic carbocycles. The molecular weight excluding hydrogens is 236 g/mol. The van der Waals surface area contributed by atoms with Gasteiger partial charge in [0.05, 0.1) is 12.7 Å². The fourth-order valence-electron chi connectivity index (χ4n) is 1.86. The summed E-state index contributed by atoms with van der Waals surface area (Å²) in [5.41, 5.74) is 2.14. The fraction of sp³-hybridized carbons (Fsp3) is 0.294. The average molecular weight is 255 g/mol. The second-order valence-corrected chi connectivity index (χ2v) is 4.56. The van der Waals surface area contributed by atoms with E-state index in [-0.39, 0.29) is 6.10 Å². The minimum Gasteiger partial charge on any atom is -0.494 e. The van der Waals surface area contributed by atoms with Crippen LogP contribution in [0.15, 0.2) is 42.5 Å². The van der Waals surface area contributed by atoms with Gasteiger partial charge in [0, 0.05) is 0 Å². The number of hydrogen-bond donors (Lipinski definition) is 0. The molecule has 0 bridgehead atoms. The third-order valence-corrected chi connectivity index (χ3v) is 2.62. The normalized spacial score (nSPS) is 10.5. The van der Waals surface area contributed by atoms with Crippen LogP contribution < -0.4 is 9.47 Å². The zero-order valence-electron chi connectivity index (χ0n) is 11.6. The molecule has 0 fully saturated rings. The molecule has 0 aliphatic heterocycles. The molecule has 1 radical (unpaired) electrons. The van der Waals surface area contributed by atoms with Gasteiger partial charge in [0.15, 0.2) is 0 Å². The van der Waals surface area contributed by atoms with Crippen molar-refractivity contribution in [3.05, 3.63) is 48.5 Å². The van der Waals surface area contributed by atoms with Gasteiger partial charge in [0.2, 0.25) is 0 Å². The van der Waals surface area contributed by atoms with Gasteiger partial charge in [-0.15, -0.1) is 0 Å². The monoisotopic (exact) mass is 255 g/mol. The van der Waals surface area contributed by atoms with Crippen molar-refractivity contribution in [2.24, 2.45) is 0 Å². The van der Waals surface area contributed by atoms with Crippen molar-refractivity contribution in [2.45, 2.75) is 26.9 Å². The first-order valence-electron chi connectivity index (χ1n) is 6.60. The predicted octanol–water partition coefficient (Wildman–Crippen LogP) is 4.34. The van der Waals surface area contributed by atoms with Crippen molar-refractivity contribution in [1.82, 2.24) is 0 Å². The molecule has 0 atom stereocenters. The predicted molar refractivity (Wildman–Crippen MR) is 77.6 cm³/mol. The maximum atomic E-state index is 5.69. The minimum atomic E-state index is 0.176. The maximum Gasteiger partial charge on any atom is 0.120 e. The molecule has 0 aliphatic rings. The molecule has 2 nitrogen and oxygen atoms in total. The lowest BCUT2D eigenvalue weighted by atomic mass is 10.1. The van der Waals surface area contributed by atoms with Crippen molar-refractivity contribution in [1.29, 1.82) is 0 Å². The lowest BCUT2D eigenvalue weighted by Gasteiger charge is -2.11. The van der Waals surface area contributed by atoms with Crippen LogP contribution in [0.25, 0.3) is 11.1 Å². The molecular formula is C17H19O2. The first-order valence-corrected chi connectivity index (χ1v) is 6.60. The molecule has 99 valence electrons. The number of hydrogen-bond acceptors (Lipinski definition) is 2. The number of ether oxygens (including phenoxy) is 2. The largest absolute Gasteiger partial charge is 0.494 e. The number of rotatable bonds is 5. The van der Waals surface area contributed by atoms with Crippen LogP contribution in [0.3, 0.4) is 0 Å². The van der Waals surface area contributed by atoms with Gasteiger partial charge < -0.3 is 9.47 Å². The molecule has 0 amide bonds. The highest BCUT2D eigenvalue weighted by atomic mass is 16.5. The van der Waals surface area contributed by atoms with Gasteiger partial charge in [-0.1, -0.05) is 18.2 Å². The van der Waals surface area contributed by atoms with E-state index in [1.54, 1.807) is 0 Å². The van der Waals surface area contributed by atoms with Crippen LogP contribution in [0.4, 0.5) is 0 Å². The zero-order valence-corrected chi connectivity index (χ0v) is 11.6. The Morgan fingerprint density at radius 3 is 2.42 bits per heavy atom. The van der Waals surface area contributed by atoms with Crippen molar-refractivity contribution in [3.63, 3.8) is 0 Å². The van der Waals surface area contributed by atoms with E-state index in [2.05, 4.69) is 6.07 Å². The van der Waals surface area contributed by atoms with Crippen LogP contribution in [-0.4, -0.2) is 12.7 Å². The fourth-order valence-corrected chi connectivity index (χ4v) is 1.86. The van der Waals surface area contributed by atoms with Crippen LogP contribution in [0.2, 0.25) is 0 Å². The Kier molecular flexibility index (Phi) is 4.45. The summed E-state index contributed by atoms with van der Waals surface area (Å²) in [5, 5.41) is 0. The summed E-state index contributed by atoms with van der Waals surface area (Å²) in [7, 11) is 0. The highest BCUT2D eigenvalue weighted by Crippen LogP contribution is 2.25. The summed E-state index contributed by atoms with van der Waals surface area (Å²) in [5.74, 6) is 1.76. The quantitative estimate of drug-likeness (QED) is 0.791. The highest BCUT2D eigenvalue weighted by molar-refractivity contribution is 5.65. The summed E-state index contributed by atoms with van der Waals surface area (Å²) in [6.45, 7) is 6.71. The lowest BCUT2D eigenvalue weighted by molar-refractivity contribution is 0.242. The molecule has 0 saturated heterocycles. The highest BCUT2D eigenvalue weighted by Gasteiger charge is 2.02. The molecule has 0 saturated carbocycles. The van der Waals surface area contributed by atoms with Crippen LogP contribution >= 0.6 is 0 Å². The van der Waals surface area contributed by atoms with Gasteiger partial charge in [-0.05, 0) is 62.2 Å². The molecule has 0 spiro atoms. The Morgan fingerprint density at radius 1 is 1.05 bits per heavy atom. The average Bonchev–Trinajstić information content (AvgIpc) is 2.39.